The second-order valence-corrected chi connectivity index (χ2v) is 5.14. The van der Waals surface area contributed by atoms with Gasteiger partial charge in [0.05, 0.1) is 11.8 Å². The van der Waals surface area contributed by atoms with Crippen molar-refractivity contribution in [2.75, 3.05) is 11.9 Å². The molecule has 1 saturated carbocycles. The number of aromatic nitrogens is 4. The van der Waals surface area contributed by atoms with Gasteiger partial charge in [0.15, 0.2) is 0 Å². The number of hydrogen-bond donors (Lipinski definition) is 1. The Bertz CT molecular complexity index is 563. The molecule has 0 saturated heterocycles. The molecule has 6 heteroatoms. The number of tetrazole rings is 1. The highest BCUT2D eigenvalue weighted by Gasteiger charge is 2.29. The molecule has 1 aromatic carbocycles. The van der Waals surface area contributed by atoms with Crippen LogP contribution in [0.1, 0.15) is 25.3 Å². The molecule has 1 fully saturated rings. The molecule has 0 atom stereocenters. The number of anilines is 1. The molecule has 0 aliphatic heterocycles. The minimum absolute atomic E-state index is 0.417. The van der Waals surface area contributed by atoms with Gasteiger partial charge < -0.3 is 10.1 Å². The first kappa shape index (κ1) is 13.1. The quantitative estimate of drug-likeness (QED) is 0.902. The summed E-state index contributed by atoms with van der Waals surface area (Å²) in [6.07, 6.45) is 4.16. The maximum Gasteiger partial charge on any atom is 0.143 e. The van der Waals surface area contributed by atoms with Crippen LogP contribution in [0.3, 0.4) is 0 Å². The average molecular weight is 273 g/mol. The summed E-state index contributed by atoms with van der Waals surface area (Å²) in [7, 11) is 0. The SMILES string of the molecule is CCOC1CC(Nc2cc(-n3cnnn3)ccc2C)C1. The fourth-order valence-electron chi connectivity index (χ4n) is 2.46. The van der Waals surface area contributed by atoms with Crippen LogP contribution < -0.4 is 5.32 Å². The van der Waals surface area contributed by atoms with E-state index < -0.39 is 0 Å². The van der Waals surface area contributed by atoms with Gasteiger partial charge in [-0.05, 0) is 54.8 Å². The van der Waals surface area contributed by atoms with Crippen LogP contribution in [0.2, 0.25) is 0 Å². The Morgan fingerprint density at radius 1 is 1.40 bits per heavy atom. The smallest absolute Gasteiger partial charge is 0.143 e. The van der Waals surface area contributed by atoms with E-state index in [-0.39, 0.29) is 0 Å². The van der Waals surface area contributed by atoms with E-state index in [4.69, 9.17) is 4.74 Å². The van der Waals surface area contributed by atoms with Crippen LogP contribution >= 0.6 is 0 Å². The van der Waals surface area contributed by atoms with Crippen molar-refractivity contribution >= 4 is 5.69 Å². The Morgan fingerprint density at radius 3 is 2.95 bits per heavy atom. The van der Waals surface area contributed by atoms with E-state index in [0.29, 0.717) is 12.1 Å². The van der Waals surface area contributed by atoms with Crippen molar-refractivity contribution in [3.63, 3.8) is 0 Å². The molecule has 1 aliphatic rings. The largest absolute Gasteiger partial charge is 0.382 e. The number of hydrogen-bond acceptors (Lipinski definition) is 5. The minimum atomic E-state index is 0.417. The van der Waals surface area contributed by atoms with Crippen molar-refractivity contribution in [2.24, 2.45) is 0 Å². The van der Waals surface area contributed by atoms with Crippen molar-refractivity contribution in [2.45, 2.75) is 38.8 Å². The molecule has 1 N–H and O–H groups in total. The second-order valence-electron chi connectivity index (χ2n) is 5.14. The number of aryl methyl sites for hydroxylation is 1. The zero-order chi connectivity index (χ0) is 13.9. The molecule has 20 heavy (non-hydrogen) atoms. The molecule has 2 aromatic rings. The van der Waals surface area contributed by atoms with Gasteiger partial charge in [-0.2, -0.15) is 0 Å². The molecule has 6 nitrogen and oxygen atoms in total. The van der Waals surface area contributed by atoms with E-state index in [0.717, 1.165) is 30.8 Å². The summed E-state index contributed by atoms with van der Waals surface area (Å²) in [5.41, 5.74) is 3.32. The highest BCUT2D eigenvalue weighted by atomic mass is 16.5. The van der Waals surface area contributed by atoms with Crippen molar-refractivity contribution in [3.05, 3.63) is 30.1 Å². The van der Waals surface area contributed by atoms with Gasteiger partial charge in [0.2, 0.25) is 0 Å². The van der Waals surface area contributed by atoms with Gasteiger partial charge in [0.25, 0.3) is 0 Å². The highest BCUT2D eigenvalue weighted by molar-refractivity contribution is 5.57. The van der Waals surface area contributed by atoms with Crippen LogP contribution in [0.25, 0.3) is 5.69 Å². The van der Waals surface area contributed by atoms with Crippen LogP contribution in [-0.2, 0) is 4.74 Å². The first-order chi connectivity index (χ1) is 9.76. The minimum Gasteiger partial charge on any atom is -0.382 e. The summed E-state index contributed by atoms with van der Waals surface area (Å²) in [5, 5.41) is 14.8. The number of nitrogens with one attached hydrogen (secondary N) is 1. The van der Waals surface area contributed by atoms with E-state index >= 15 is 0 Å². The van der Waals surface area contributed by atoms with Crippen LogP contribution in [0.5, 0.6) is 0 Å². The summed E-state index contributed by atoms with van der Waals surface area (Å²) in [6, 6.07) is 6.67. The molecule has 0 bridgehead atoms. The van der Waals surface area contributed by atoms with Crippen LogP contribution in [0.15, 0.2) is 24.5 Å². The van der Waals surface area contributed by atoms with Crippen LogP contribution in [-0.4, -0.2) is 39.0 Å². The van der Waals surface area contributed by atoms with Gasteiger partial charge in [-0.1, -0.05) is 6.07 Å². The molecule has 0 spiro atoms. The molecule has 3 rings (SSSR count). The molecular formula is C14H19N5O. The van der Waals surface area contributed by atoms with Gasteiger partial charge in [-0.3, -0.25) is 0 Å². The predicted molar refractivity (Wildman–Crippen MR) is 75.9 cm³/mol. The first-order valence-electron chi connectivity index (χ1n) is 6.98. The lowest BCUT2D eigenvalue weighted by atomic mass is 9.89. The van der Waals surface area contributed by atoms with Gasteiger partial charge >= 0.3 is 0 Å². The third-order valence-electron chi connectivity index (χ3n) is 3.69. The van der Waals surface area contributed by atoms with Gasteiger partial charge in [0, 0.05) is 18.3 Å². The van der Waals surface area contributed by atoms with Crippen LogP contribution in [0.4, 0.5) is 5.69 Å². The van der Waals surface area contributed by atoms with Crippen molar-refractivity contribution in [3.8, 4) is 5.69 Å². The number of benzene rings is 1. The monoisotopic (exact) mass is 273 g/mol. The van der Waals surface area contributed by atoms with Gasteiger partial charge in [0.1, 0.15) is 6.33 Å². The fourth-order valence-corrected chi connectivity index (χ4v) is 2.46. The number of ether oxygens (including phenoxy) is 1. The molecule has 106 valence electrons. The third-order valence-corrected chi connectivity index (χ3v) is 3.69. The third kappa shape index (κ3) is 2.65. The summed E-state index contributed by atoms with van der Waals surface area (Å²) >= 11 is 0. The Balaban J connectivity index is 1.69. The Labute approximate surface area is 118 Å². The van der Waals surface area contributed by atoms with Crippen molar-refractivity contribution in [1.82, 2.24) is 20.2 Å². The fraction of sp³-hybridized carbons (Fsp3) is 0.500. The van der Waals surface area contributed by atoms with Crippen LogP contribution in [0, 0.1) is 6.92 Å². The lowest BCUT2D eigenvalue weighted by Crippen LogP contribution is -2.40. The second kappa shape index (κ2) is 5.58. The summed E-state index contributed by atoms with van der Waals surface area (Å²) in [4.78, 5) is 0. The normalized spacial score (nSPS) is 21.5. The van der Waals surface area contributed by atoms with Gasteiger partial charge in [-0.15, -0.1) is 5.10 Å². The summed E-state index contributed by atoms with van der Waals surface area (Å²) in [6.45, 7) is 4.94. The molecule has 1 aliphatic carbocycles. The molecule has 0 amide bonds. The van der Waals surface area contributed by atoms with E-state index in [2.05, 4.69) is 39.9 Å². The number of rotatable bonds is 5. The lowest BCUT2D eigenvalue weighted by molar-refractivity contribution is 0.00298. The lowest BCUT2D eigenvalue weighted by Gasteiger charge is -2.36. The summed E-state index contributed by atoms with van der Waals surface area (Å²) in [5.74, 6) is 0. The first-order valence-corrected chi connectivity index (χ1v) is 6.98. The maximum absolute atomic E-state index is 5.59. The Hall–Kier alpha value is -1.95. The zero-order valence-electron chi connectivity index (χ0n) is 11.8. The van der Waals surface area contributed by atoms with Crippen molar-refractivity contribution in [1.29, 1.82) is 0 Å². The number of nitrogens with zero attached hydrogens (tertiary/aromatic N) is 4. The van der Waals surface area contributed by atoms with E-state index in [1.54, 1.807) is 11.0 Å². The van der Waals surface area contributed by atoms with Crippen molar-refractivity contribution < 1.29 is 4.74 Å². The average Bonchev–Trinajstić information content (AvgIpc) is 2.92. The Morgan fingerprint density at radius 2 is 2.25 bits per heavy atom. The predicted octanol–water partition coefficient (Wildman–Crippen LogP) is 1.95. The Kier molecular flexibility index (Phi) is 3.64. The van der Waals surface area contributed by atoms with E-state index in [1.807, 2.05) is 13.0 Å². The van der Waals surface area contributed by atoms with Gasteiger partial charge in [-0.25, -0.2) is 4.68 Å². The van der Waals surface area contributed by atoms with E-state index in [9.17, 15) is 0 Å². The highest BCUT2D eigenvalue weighted by Crippen LogP contribution is 2.29. The standard InChI is InChI=1S/C14H19N5O/c1-3-20-13-6-11(7-13)16-14-8-12(5-4-10(14)2)19-9-15-17-18-19/h4-5,8-9,11,13,16H,3,6-7H2,1-2H3. The molecule has 1 heterocycles. The molecule has 0 unspecified atom stereocenters. The zero-order valence-corrected chi connectivity index (χ0v) is 11.8. The van der Waals surface area contributed by atoms with E-state index in [1.165, 1.54) is 5.56 Å². The molecular weight excluding hydrogens is 254 g/mol. The summed E-state index contributed by atoms with van der Waals surface area (Å²) < 4.78 is 7.25. The molecule has 0 radical (unpaired) electrons. The topological polar surface area (TPSA) is 64.9 Å². The maximum atomic E-state index is 5.59. The molecule has 1 aromatic heterocycles.